The Labute approximate surface area is 95.8 Å². The van der Waals surface area contributed by atoms with Crippen molar-refractivity contribution in [2.45, 2.75) is 25.7 Å². The molecule has 0 radical (unpaired) electrons. The maximum absolute atomic E-state index is 10.5. The highest BCUT2D eigenvalue weighted by Gasteiger charge is 1.99. The van der Waals surface area contributed by atoms with Gasteiger partial charge in [0.25, 0.3) is 0 Å². The minimum absolute atomic E-state index is 0.250. The third-order valence-electron chi connectivity index (χ3n) is 2.28. The molecule has 0 bridgehead atoms. The van der Waals surface area contributed by atoms with Crippen molar-refractivity contribution in [2.24, 2.45) is 0 Å². The molecule has 0 saturated heterocycles. The summed E-state index contributed by atoms with van der Waals surface area (Å²) in [5.41, 5.74) is 2.30. The van der Waals surface area contributed by atoms with E-state index in [1.165, 1.54) is 5.56 Å². The fourth-order valence-corrected chi connectivity index (χ4v) is 1.55. The minimum Gasteiger partial charge on any atom is -0.281 e. The second-order valence-corrected chi connectivity index (χ2v) is 3.95. The molecule has 0 spiro atoms. The molecule has 0 atom stereocenters. The van der Waals surface area contributed by atoms with Crippen LogP contribution in [0.5, 0.6) is 0 Å². The van der Waals surface area contributed by atoms with E-state index >= 15 is 0 Å². The molecule has 0 saturated carbocycles. The van der Waals surface area contributed by atoms with Gasteiger partial charge in [-0.1, -0.05) is 36.9 Å². The second-order valence-electron chi connectivity index (χ2n) is 3.53. The number of carbonyl (C=O) groups excluding carboxylic acids is 1. The summed E-state index contributed by atoms with van der Waals surface area (Å²) < 4.78 is 0. The predicted octanol–water partition coefficient (Wildman–Crippen LogP) is 4.03. The molecule has 0 aliphatic heterocycles. The van der Waals surface area contributed by atoms with E-state index in [1.807, 2.05) is 18.2 Å². The van der Waals surface area contributed by atoms with Gasteiger partial charge in [0.1, 0.15) is 0 Å². The SMILES string of the molecule is C=C(CCCCC(=O)Cl)c1ccccc1. The van der Waals surface area contributed by atoms with Crippen LogP contribution in [0.25, 0.3) is 5.57 Å². The Morgan fingerprint density at radius 2 is 1.73 bits per heavy atom. The van der Waals surface area contributed by atoms with Gasteiger partial charge in [-0.05, 0) is 42.0 Å². The Morgan fingerprint density at radius 3 is 2.33 bits per heavy atom. The van der Waals surface area contributed by atoms with Gasteiger partial charge in [0.05, 0.1) is 0 Å². The first-order chi connectivity index (χ1) is 7.20. The topological polar surface area (TPSA) is 17.1 Å². The average Bonchev–Trinajstić information content (AvgIpc) is 2.25. The highest BCUT2D eigenvalue weighted by atomic mass is 35.5. The highest BCUT2D eigenvalue weighted by Crippen LogP contribution is 2.18. The molecule has 2 heteroatoms. The molecule has 0 amide bonds. The summed E-state index contributed by atoms with van der Waals surface area (Å²) in [7, 11) is 0. The van der Waals surface area contributed by atoms with Crippen molar-refractivity contribution in [1.29, 1.82) is 0 Å². The zero-order chi connectivity index (χ0) is 11.1. The molecule has 1 aromatic carbocycles. The van der Waals surface area contributed by atoms with Crippen molar-refractivity contribution in [3.63, 3.8) is 0 Å². The van der Waals surface area contributed by atoms with Gasteiger partial charge in [-0.15, -0.1) is 0 Å². The van der Waals surface area contributed by atoms with E-state index in [0.29, 0.717) is 6.42 Å². The Morgan fingerprint density at radius 1 is 1.13 bits per heavy atom. The largest absolute Gasteiger partial charge is 0.281 e. The monoisotopic (exact) mass is 222 g/mol. The number of unbranched alkanes of at least 4 members (excludes halogenated alkanes) is 1. The number of allylic oxidation sites excluding steroid dienone is 1. The Bertz CT molecular complexity index is 330. The minimum atomic E-state index is -0.250. The van der Waals surface area contributed by atoms with Crippen LogP contribution < -0.4 is 0 Å². The van der Waals surface area contributed by atoms with Crippen LogP contribution in [0.1, 0.15) is 31.2 Å². The first-order valence-electron chi connectivity index (χ1n) is 5.11. The number of hydrogen-bond acceptors (Lipinski definition) is 1. The van der Waals surface area contributed by atoms with Gasteiger partial charge in [-0.2, -0.15) is 0 Å². The fraction of sp³-hybridized carbons (Fsp3) is 0.308. The first kappa shape index (κ1) is 12.0. The zero-order valence-electron chi connectivity index (χ0n) is 8.71. The molecule has 1 nitrogen and oxygen atoms in total. The van der Waals surface area contributed by atoms with Crippen molar-refractivity contribution in [3.8, 4) is 0 Å². The number of halogens is 1. The van der Waals surface area contributed by atoms with Crippen LogP contribution in [0.2, 0.25) is 0 Å². The average molecular weight is 223 g/mol. The van der Waals surface area contributed by atoms with E-state index in [1.54, 1.807) is 0 Å². The smallest absolute Gasteiger partial charge is 0.221 e. The Kier molecular flexibility index (Phi) is 5.13. The van der Waals surface area contributed by atoms with E-state index in [-0.39, 0.29) is 5.24 Å². The quantitative estimate of drug-likeness (QED) is 0.525. The third kappa shape index (κ3) is 4.80. The Balaban J connectivity index is 2.28. The summed E-state index contributed by atoms with van der Waals surface area (Å²) in [5, 5.41) is -0.250. The molecule has 0 aromatic heterocycles. The molecule has 80 valence electrons. The van der Waals surface area contributed by atoms with Crippen LogP contribution in [-0.4, -0.2) is 5.24 Å². The van der Waals surface area contributed by atoms with Crippen LogP contribution in [0.4, 0.5) is 0 Å². The molecule has 0 fully saturated rings. The molecule has 0 aliphatic rings. The van der Waals surface area contributed by atoms with Gasteiger partial charge < -0.3 is 0 Å². The van der Waals surface area contributed by atoms with Crippen LogP contribution in [-0.2, 0) is 4.79 Å². The zero-order valence-corrected chi connectivity index (χ0v) is 9.46. The van der Waals surface area contributed by atoms with Gasteiger partial charge in [0.2, 0.25) is 5.24 Å². The normalized spacial score (nSPS) is 9.93. The van der Waals surface area contributed by atoms with Crippen molar-refractivity contribution >= 4 is 22.4 Å². The van der Waals surface area contributed by atoms with Crippen molar-refractivity contribution in [3.05, 3.63) is 42.5 Å². The Hall–Kier alpha value is -1.08. The maximum atomic E-state index is 10.5. The van der Waals surface area contributed by atoms with E-state index in [9.17, 15) is 4.79 Å². The van der Waals surface area contributed by atoms with Crippen molar-refractivity contribution in [2.75, 3.05) is 0 Å². The second kappa shape index (κ2) is 6.41. The molecule has 1 rings (SSSR count). The molecule has 1 aromatic rings. The third-order valence-corrected chi connectivity index (χ3v) is 2.47. The van der Waals surface area contributed by atoms with Gasteiger partial charge >= 0.3 is 0 Å². The molecule has 0 aliphatic carbocycles. The lowest BCUT2D eigenvalue weighted by Gasteiger charge is -2.04. The standard InChI is InChI=1S/C13H15ClO/c1-11(7-5-6-10-13(14)15)12-8-3-2-4-9-12/h2-4,8-9H,1,5-7,10H2. The fourth-order valence-electron chi connectivity index (χ4n) is 1.42. The van der Waals surface area contributed by atoms with E-state index in [0.717, 1.165) is 24.8 Å². The van der Waals surface area contributed by atoms with Crippen molar-refractivity contribution in [1.82, 2.24) is 0 Å². The van der Waals surface area contributed by atoms with Gasteiger partial charge in [-0.3, -0.25) is 4.79 Å². The summed E-state index contributed by atoms with van der Waals surface area (Å²) in [5.74, 6) is 0. The summed E-state index contributed by atoms with van der Waals surface area (Å²) in [4.78, 5) is 10.5. The lowest BCUT2D eigenvalue weighted by molar-refractivity contribution is -0.111. The molecular formula is C13H15ClO. The first-order valence-corrected chi connectivity index (χ1v) is 5.49. The van der Waals surface area contributed by atoms with Crippen LogP contribution >= 0.6 is 11.6 Å². The summed E-state index contributed by atoms with van der Waals surface area (Å²) >= 11 is 5.25. The highest BCUT2D eigenvalue weighted by molar-refractivity contribution is 6.63. The predicted molar refractivity (Wildman–Crippen MR) is 64.8 cm³/mol. The van der Waals surface area contributed by atoms with Gasteiger partial charge in [0.15, 0.2) is 0 Å². The van der Waals surface area contributed by atoms with Crippen LogP contribution in [0.15, 0.2) is 36.9 Å². The number of rotatable bonds is 6. The number of carbonyl (C=O) groups is 1. The van der Waals surface area contributed by atoms with Crippen LogP contribution in [0.3, 0.4) is 0 Å². The van der Waals surface area contributed by atoms with Gasteiger partial charge in [-0.25, -0.2) is 0 Å². The molecule has 0 N–H and O–H groups in total. The number of hydrogen-bond donors (Lipinski definition) is 0. The molecule has 0 heterocycles. The summed E-state index contributed by atoms with van der Waals surface area (Å²) in [6.07, 6.45) is 3.19. The molecular weight excluding hydrogens is 208 g/mol. The summed E-state index contributed by atoms with van der Waals surface area (Å²) in [6.45, 7) is 4.02. The van der Waals surface area contributed by atoms with Crippen molar-refractivity contribution < 1.29 is 4.79 Å². The summed E-state index contributed by atoms with van der Waals surface area (Å²) in [6, 6.07) is 10.1. The lowest BCUT2D eigenvalue weighted by atomic mass is 10.0. The van der Waals surface area contributed by atoms with Gasteiger partial charge in [0, 0.05) is 6.42 Å². The molecule has 0 unspecified atom stereocenters. The molecule has 15 heavy (non-hydrogen) atoms. The van der Waals surface area contributed by atoms with Crippen LogP contribution in [0, 0.1) is 0 Å². The number of benzene rings is 1. The van der Waals surface area contributed by atoms with E-state index in [4.69, 9.17) is 11.6 Å². The van der Waals surface area contributed by atoms with E-state index < -0.39 is 0 Å². The lowest BCUT2D eigenvalue weighted by Crippen LogP contribution is -1.87. The van der Waals surface area contributed by atoms with E-state index in [2.05, 4.69) is 18.7 Å². The maximum Gasteiger partial charge on any atom is 0.221 e.